The summed E-state index contributed by atoms with van der Waals surface area (Å²) in [6.45, 7) is 3.39. The van der Waals surface area contributed by atoms with Gasteiger partial charge in [-0.2, -0.15) is 0 Å². The monoisotopic (exact) mass is 488 g/mol. The van der Waals surface area contributed by atoms with Crippen molar-refractivity contribution < 1.29 is 9.53 Å². The fourth-order valence-corrected chi connectivity index (χ4v) is 5.34. The highest BCUT2D eigenvalue weighted by atomic mass is 32.1. The van der Waals surface area contributed by atoms with Gasteiger partial charge >= 0.3 is 0 Å². The molecule has 0 saturated carbocycles. The average Bonchev–Trinajstić information content (AvgIpc) is 3.60. The molecule has 1 fully saturated rings. The molecule has 0 radical (unpaired) electrons. The summed E-state index contributed by atoms with van der Waals surface area (Å²) < 4.78 is 5.82. The van der Waals surface area contributed by atoms with Gasteiger partial charge in [-0.25, -0.2) is 0 Å². The number of hydrogen-bond acceptors (Lipinski definition) is 7. The Morgan fingerprint density at radius 3 is 2.47 bits per heavy atom. The summed E-state index contributed by atoms with van der Waals surface area (Å²) in [5.41, 5.74) is 2.10. The molecule has 0 N–H and O–H groups in total. The highest BCUT2D eigenvalue weighted by Gasteiger charge is 2.22. The number of hydrogen-bond donors (Lipinski definition) is 0. The first-order valence-electron chi connectivity index (χ1n) is 11.1. The van der Waals surface area contributed by atoms with E-state index in [4.69, 9.17) is 4.74 Å². The molecule has 0 aliphatic carbocycles. The van der Waals surface area contributed by atoms with Crippen LogP contribution in [0.1, 0.15) is 11.1 Å². The van der Waals surface area contributed by atoms with Crippen molar-refractivity contribution in [3.05, 3.63) is 89.3 Å². The molecule has 0 atom stereocenters. The SMILES string of the molecule is O=C(/C=C/c1ccc(OCc2ccccc2)cc1)N1CCN(c2nnc(-c3cccs3)s2)CC1. The van der Waals surface area contributed by atoms with Crippen LogP contribution in [0.25, 0.3) is 16.0 Å². The summed E-state index contributed by atoms with van der Waals surface area (Å²) >= 11 is 3.27. The largest absolute Gasteiger partial charge is 0.489 e. The first-order valence-corrected chi connectivity index (χ1v) is 12.8. The zero-order chi connectivity index (χ0) is 23.2. The fraction of sp³-hybridized carbons (Fsp3) is 0.192. The van der Waals surface area contributed by atoms with Crippen LogP contribution in [-0.4, -0.2) is 47.2 Å². The first-order chi connectivity index (χ1) is 16.7. The zero-order valence-electron chi connectivity index (χ0n) is 18.5. The second-order valence-corrected chi connectivity index (χ2v) is 9.76. The standard InChI is InChI=1S/C26H24N4O2S2/c31-24(13-10-20-8-11-22(12-9-20)32-19-21-5-2-1-3-6-21)29-14-16-30(17-15-29)26-28-27-25(34-26)23-7-4-18-33-23/h1-13,18H,14-17,19H2/b13-10+. The molecule has 6 nitrogen and oxygen atoms in total. The average molecular weight is 489 g/mol. The van der Waals surface area contributed by atoms with Crippen LogP contribution in [0.4, 0.5) is 5.13 Å². The Hall–Kier alpha value is -3.49. The number of carbonyl (C=O) groups excluding carboxylic acids is 1. The van der Waals surface area contributed by atoms with E-state index >= 15 is 0 Å². The molecule has 172 valence electrons. The Balaban J connectivity index is 1.10. The van der Waals surface area contributed by atoms with E-state index in [0.717, 1.165) is 45.0 Å². The molecule has 8 heteroatoms. The van der Waals surface area contributed by atoms with Crippen LogP contribution in [-0.2, 0) is 11.4 Å². The molecule has 1 aliphatic rings. The third-order valence-electron chi connectivity index (χ3n) is 5.55. The van der Waals surface area contributed by atoms with E-state index in [1.807, 2.05) is 77.0 Å². The molecule has 0 spiro atoms. The molecule has 5 rings (SSSR count). The summed E-state index contributed by atoms with van der Waals surface area (Å²) in [5, 5.41) is 12.6. The van der Waals surface area contributed by atoms with Gasteiger partial charge in [0.15, 0.2) is 5.01 Å². The summed E-state index contributed by atoms with van der Waals surface area (Å²) in [4.78, 5) is 17.9. The topological polar surface area (TPSA) is 58.6 Å². The van der Waals surface area contributed by atoms with Crippen molar-refractivity contribution in [1.82, 2.24) is 15.1 Å². The van der Waals surface area contributed by atoms with Gasteiger partial charge in [-0.15, -0.1) is 21.5 Å². The van der Waals surface area contributed by atoms with Gasteiger partial charge in [0.2, 0.25) is 11.0 Å². The maximum atomic E-state index is 12.7. The lowest BCUT2D eigenvalue weighted by Gasteiger charge is -2.33. The van der Waals surface area contributed by atoms with Gasteiger partial charge in [-0.05, 0) is 40.8 Å². The van der Waals surface area contributed by atoms with Crippen molar-refractivity contribution >= 4 is 39.8 Å². The van der Waals surface area contributed by atoms with E-state index in [1.54, 1.807) is 28.7 Å². The van der Waals surface area contributed by atoms with Gasteiger partial charge in [0.05, 0.1) is 4.88 Å². The Kier molecular flexibility index (Phi) is 6.97. The number of ether oxygens (including phenoxy) is 1. The Labute approximate surface area is 206 Å². The third kappa shape index (κ3) is 5.52. The normalized spacial score (nSPS) is 14.0. The van der Waals surface area contributed by atoms with E-state index in [-0.39, 0.29) is 5.91 Å². The predicted molar refractivity (Wildman–Crippen MR) is 138 cm³/mol. The van der Waals surface area contributed by atoms with Crippen molar-refractivity contribution in [1.29, 1.82) is 0 Å². The molecule has 4 aromatic rings. The molecule has 2 aromatic carbocycles. The number of nitrogens with zero attached hydrogens (tertiary/aromatic N) is 4. The number of thiophene rings is 1. The molecule has 1 aliphatic heterocycles. The van der Waals surface area contributed by atoms with Crippen molar-refractivity contribution in [2.45, 2.75) is 6.61 Å². The van der Waals surface area contributed by atoms with Gasteiger partial charge in [0.1, 0.15) is 12.4 Å². The summed E-state index contributed by atoms with van der Waals surface area (Å²) in [5.74, 6) is 0.836. The van der Waals surface area contributed by atoms with Gasteiger partial charge in [0.25, 0.3) is 0 Å². The molecular weight excluding hydrogens is 464 g/mol. The van der Waals surface area contributed by atoms with Crippen LogP contribution in [0.5, 0.6) is 5.75 Å². The Bertz CT molecular complexity index is 1230. The van der Waals surface area contributed by atoms with Gasteiger partial charge < -0.3 is 14.5 Å². The van der Waals surface area contributed by atoms with Crippen LogP contribution in [0.15, 0.2) is 78.2 Å². The van der Waals surface area contributed by atoms with Crippen LogP contribution >= 0.6 is 22.7 Å². The van der Waals surface area contributed by atoms with Gasteiger partial charge in [-0.3, -0.25) is 4.79 Å². The van der Waals surface area contributed by atoms with Crippen LogP contribution in [0, 0.1) is 0 Å². The molecule has 34 heavy (non-hydrogen) atoms. The number of benzene rings is 2. The minimum Gasteiger partial charge on any atom is -0.489 e. The maximum Gasteiger partial charge on any atom is 0.246 e. The molecular formula is C26H24N4O2S2. The van der Waals surface area contributed by atoms with Crippen LogP contribution < -0.4 is 9.64 Å². The Morgan fingerprint density at radius 1 is 0.941 bits per heavy atom. The van der Waals surface area contributed by atoms with Crippen LogP contribution in [0.3, 0.4) is 0 Å². The van der Waals surface area contributed by atoms with E-state index in [9.17, 15) is 4.79 Å². The Morgan fingerprint density at radius 2 is 1.74 bits per heavy atom. The summed E-state index contributed by atoms with van der Waals surface area (Å²) in [7, 11) is 0. The van der Waals surface area contributed by atoms with Gasteiger partial charge in [-0.1, -0.05) is 59.9 Å². The molecule has 1 saturated heterocycles. The molecule has 2 aromatic heterocycles. The molecule has 3 heterocycles. The van der Waals surface area contributed by atoms with Crippen molar-refractivity contribution in [3.8, 4) is 15.6 Å². The lowest BCUT2D eigenvalue weighted by atomic mass is 10.2. The first kappa shape index (κ1) is 22.3. The quantitative estimate of drug-likeness (QED) is 0.334. The minimum absolute atomic E-state index is 0.0283. The lowest BCUT2D eigenvalue weighted by Crippen LogP contribution is -2.48. The second-order valence-electron chi connectivity index (χ2n) is 7.86. The number of anilines is 1. The number of aromatic nitrogens is 2. The third-order valence-corrected chi connectivity index (χ3v) is 7.58. The number of amides is 1. The lowest BCUT2D eigenvalue weighted by molar-refractivity contribution is -0.126. The van der Waals surface area contributed by atoms with Gasteiger partial charge in [0, 0.05) is 32.3 Å². The van der Waals surface area contributed by atoms with E-state index < -0.39 is 0 Å². The fourth-order valence-electron chi connectivity index (χ4n) is 3.65. The number of rotatable bonds is 7. The number of piperazine rings is 1. The van der Waals surface area contributed by atoms with Crippen molar-refractivity contribution in [2.24, 2.45) is 0 Å². The highest BCUT2D eigenvalue weighted by Crippen LogP contribution is 2.31. The molecule has 1 amide bonds. The minimum atomic E-state index is 0.0283. The van der Waals surface area contributed by atoms with Crippen molar-refractivity contribution in [3.63, 3.8) is 0 Å². The highest BCUT2D eigenvalue weighted by molar-refractivity contribution is 7.22. The van der Waals surface area contributed by atoms with E-state index in [1.165, 1.54) is 0 Å². The van der Waals surface area contributed by atoms with E-state index in [2.05, 4.69) is 21.2 Å². The zero-order valence-corrected chi connectivity index (χ0v) is 20.2. The van der Waals surface area contributed by atoms with Crippen LogP contribution in [0.2, 0.25) is 0 Å². The number of carbonyl (C=O) groups is 1. The summed E-state index contributed by atoms with van der Waals surface area (Å²) in [6.07, 6.45) is 3.50. The summed E-state index contributed by atoms with van der Waals surface area (Å²) in [6, 6.07) is 21.9. The molecule has 0 unspecified atom stereocenters. The van der Waals surface area contributed by atoms with Crippen molar-refractivity contribution in [2.75, 3.05) is 31.1 Å². The smallest absolute Gasteiger partial charge is 0.246 e. The second kappa shape index (κ2) is 10.6. The predicted octanol–water partition coefficient (Wildman–Crippen LogP) is 5.21. The van der Waals surface area contributed by atoms with E-state index in [0.29, 0.717) is 19.7 Å². The molecule has 0 bridgehead atoms. The maximum absolute atomic E-state index is 12.7.